The summed E-state index contributed by atoms with van der Waals surface area (Å²) in [7, 11) is 0. The number of anilines is 1. The summed E-state index contributed by atoms with van der Waals surface area (Å²) in [6.45, 7) is 3.78. The molecule has 15 heavy (non-hydrogen) atoms. The lowest BCUT2D eigenvalue weighted by atomic mass is 10.3. The quantitative estimate of drug-likeness (QED) is 0.858. The van der Waals surface area contributed by atoms with Crippen LogP contribution >= 0.6 is 27.5 Å². The Morgan fingerprint density at radius 1 is 1.47 bits per heavy atom. The zero-order valence-corrected chi connectivity index (χ0v) is 10.8. The lowest BCUT2D eigenvalue weighted by Gasteiger charge is -2.11. The highest BCUT2D eigenvalue weighted by atomic mass is 79.9. The van der Waals surface area contributed by atoms with Crippen molar-refractivity contribution in [1.29, 1.82) is 0 Å². The van der Waals surface area contributed by atoms with Crippen LogP contribution in [-0.2, 0) is 0 Å². The molecule has 0 aliphatic carbocycles. The predicted molar refractivity (Wildman–Crippen MR) is 66.4 cm³/mol. The number of carbonyl (C=O) groups is 1. The summed E-state index contributed by atoms with van der Waals surface area (Å²) in [4.78, 5) is 11.4. The van der Waals surface area contributed by atoms with Gasteiger partial charge in [0, 0.05) is 10.5 Å². The third-order valence-electron chi connectivity index (χ3n) is 1.60. The zero-order chi connectivity index (χ0) is 11.4. The van der Waals surface area contributed by atoms with Crippen molar-refractivity contribution in [3.8, 4) is 0 Å². The molecule has 0 fully saturated rings. The molecule has 3 nitrogen and oxygen atoms in total. The number of hydrogen-bond acceptors (Lipinski definition) is 1. The van der Waals surface area contributed by atoms with Crippen LogP contribution in [0.4, 0.5) is 10.5 Å². The predicted octanol–water partition coefficient (Wildman–Crippen LogP) is 3.63. The van der Waals surface area contributed by atoms with Crippen LogP contribution in [0.5, 0.6) is 0 Å². The maximum Gasteiger partial charge on any atom is 0.319 e. The van der Waals surface area contributed by atoms with Gasteiger partial charge in [0.2, 0.25) is 0 Å². The molecule has 0 aliphatic rings. The Labute approximate surface area is 102 Å². The van der Waals surface area contributed by atoms with Gasteiger partial charge in [-0.05, 0) is 32.0 Å². The van der Waals surface area contributed by atoms with Crippen molar-refractivity contribution in [2.75, 3.05) is 5.32 Å². The number of amides is 2. The third-order valence-corrected chi connectivity index (χ3v) is 2.42. The molecule has 82 valence electrons. The number of nitrogens with one attached hydrogen (secondary N) is 2. The third kappa shape index (κ3) is 4.10. The Balaban J connectivity index is 2.71. The Hall–Kier alpha value is -0.740. The van der Waals surface area contributed by atoms with E-state index in [4.69, 9.17) is 11.6 Å². The smallest absolute Gasteiger partial charge is 0.319 e. The molecule has 0 unspecified atom stereocenters. The number of rotatable bonds is 2. The highest BCUT2D eigenvalue weighted by Gasteiger charge is 2.06. The van der Waals surface area contributed by atoms with E-state index in [2.05, 4.69) is 26.6 Å². The van der Waals surface area contributed by atoms with Gasteiger partial charge in [-0.3, -0.25) is 0 Å². The second-order valence-corrected chi connectivity index (χ2v) is 4.70. The second kappa shape index (κ2) is 5.37. The van der Waals surface area contributed by atoms with Crippen molar-refractivity contribution in [2.45, 2.75) is 19.9 Å². The standard InChI is InChI=1S/C10H12BrClN2O/c1-6(2)13-10(15)14-9-5-7(11)3-4-8(9)12/h3-6H,1-2H3,(H2,13,14,15). The van der Waals surface area contributed by atoms with Crippen LogP contribution in [0, 0.1) is 0 Å². The molecule has 0 saturated carbocycles. The Bertz CT molecular complexity index is 368. The Morgan fingerprint density at radius 3 is 2.73 bits per heavy atom. The number of urea groups is 1. The molecular formula is C10H12BrClN2O. The van der Waals surface area contributed by atoms with Crippen LogP contribution in [0.3, 0.4) is 0 Å². The average Bonchev–Trinajstić information content (AvgIpc) is 2.10. The fraction of sp³-hybridized carbons (Fsp3) is 0.300. The molecule has 0 aromatic heterocycles. The first-order valence-electron chi connectivity index (χ1n) is 4.51. The maximum atomic E-state index is 11.4. The van der Waals surface area contributed by atoms with Crippen molar-refractivity contribution >= 4 is 39.2 Å². The van der Waals surface area contributed by atoms with E-state index in [9.17, 15) is 4.79 Å². The molecule has 2 N–H and O–H groups in total. The van der Waals surface area contributed by atoms with Crippen molar-refractivity contribution in [2.24, 2.45) is 0 Å². The summed E-state index contributed by atoms with van der Waals surface area (Å²) in [5.41, 5.74) is 0.587. The molecule has 1 rings (SSSR count). The van der Waals surface area contributed by atoms with Gasteiger partial charge in [0.15, 0.2) is 0 Å². The van der Waals surface area contributed by atoms with Crippen LogP contribution in [0.1, 0.15) is 13.8 Å². The van der Waals surface area contributed by atoms with Gasteiger partial charge in [0.05, 0.1) is 10.7 Å². The van der Waals surface area contributed by atoms with Gasteiger partial charge in [0.1, 0.15) is 0 Å². The molecule has 0 spiro atoms. The molecule has 0 bridgehead atoms. The first kappa shape index (κ1) is 12.3. The van der Waals surface area contributed by atoms with Crippen LogP contribution in [0.15, 0.2) is 22.7 Å². The van der Waals surface area contributed by atoms with Crippen LogP contribution in [-0.4, -0.2) is 12.1 Å². The highest BCUT2D eigenvalue weighted by molar-refractivity contribution is 9.10. The van der Waals surface area contributed by atoms with E-state index in [1.807, 2.05) is 19.9 Å². The largest absolute Gasteiger partial charge is 0.336 e. The van der Waals surface area contributed by atoms with Gasteiger partial charge in [-0.15, -0.1) is 0 Å². The molecule has 0 saturated heterocycles. The van der Waals surface area contributed by atoms with E-state index >= 15 is 0 Å². The van der Waals surface area contributed by atoms with E-state index < -0.39 is 0 Å². The molecule has 0 atom stereocenters. The minimum absolute atomic E-state index is 0.0935. The normalized spacial score (nSPS) is 10.2. The van der Waals surface area contributed by atoms with E-state index in [-0.39, 0.29) is 12.1 Å². The molecular weight excluding hydrogens is 279 g/mol. The van der Waals surface area contributed by atoms with E-state index in [0.717, 1.165) is 4.47 Å². The first-order chi connectivity index (χ1) is 6.99. The summed E-state index contributed by atoms with van der Waals surface area (Å²) in [6, 6.07) is 5.12. The topological polar surface area (TPSA) is 41.1 Å². The molecule has 0 radical (unpaired) electrons. The van der Waals surface area contributed by atoms with Gasteiger partial charge < -0.3 is 10.6 Å². The SMILES string of the molecule is CC(C)NC(=O)Nc1cc(Br)ccc1Cl. The second-order valence-electron chi connectivity index (χ2n) is 3.38. The summed E-state index contributed by atoms with van der Waals surface area (Å²) in [6.07, 6.45) is 0. The van der Waals surface area contributed by atoms with E-state index in [1.165, 1.54) is 0 Å². The minimum Gasteiger partial charge on any atom is -0.336 e. The molecule has 2 amide bonds. The fourth-order valence-corrected chi connectivity index (χ4v) is 1.54. The summed E-state index contributed by atoms with van der Waals surface area (Å²) in [5.74, 6) is 0. The summed E-state index contributed by atoms with van der Waals surface area (Å²) < 4.78 is 0.867. The highest BCUT2D eigenvalue weighted by Crippen LogP contribution is 2.25. The number of benzene rings is 1. The molecule has 5 heteroatoms. The van der Waals surface area contributed by atoms with E-state index in [0.29, 0.717) is 10.7 Å². The lowest BCUT2D eigenvalue weighted by Crippen LogP contribution is -2.34. The molecule has 0 heterocycles. The minimum atomic E-state index is -0.259. The van der Waals surface area contributed by atoms with Gasteiger partial charge in [0.25, 0.3) is 0 Å². The van der Waals surface area contributed by atoms with Crippen molar-refractivity contribution in [3.05, 3.63) is 27.7 Å². The van der Waals surface area contributed by atoms with Crippen LogP contribution < -0.4 is 10.6 Å². The number of hydrogen-bond donors (Lipinski definition) is 2. The number of carbonyl (C=O) groups excluding carboxylic acids is 1. The Kier molecular flexibility index (Phi) is 4.42. The first-order valence-corrected chi connectivity index (χ1v) is 5.68. The van der Waals surface area contributed by atoms with E-state index in [1.54, 1.807) is 12.1 Å². The van der Waals surface area contributed by atoms with Crippen LogP contribution in [0.2, 0.25) is 5.02 Å². The molecule has 1 aromatic carbocycles. The number of halogens is 2. The van der Waals surface area contributed by atoms with Gasteiger partial charge in [-0.2, -0.15) is 0 Å². The van der Waals surface area contributed by atoms with Crippen molar-refractivity contribution < 1.29 is 4.79 Å². The average molecular weight is 292 g/mol. The van der Waals surface area contributed by atoms with Crippen molar-refractivity contribution in [3.63, 3.8) is 0 Å². The summed E-state index contributed by atoms with van der Waals surface area (Å²) in [5, 5.41) is 5.90. The lowest BCUT2D eigenvalue weighted by molar-refractivity contribution is 0.250. The molecule has 1 aromatic rings. The fourth-order valence-electron chi connectivity index (χ4n) is 1.01. The summed E-state index contributed by atoms with van der Waals surface area (Å²) >= 11 is 9.22. The van der Waals surface area contributed by atoms with Gasteiger partial charge in [-0.25, -0.2) is 4.79 Å². The van der Waals surface area contributed by atoms with Gasteiger partial charge >= 0.3 is 6.03 Å². The van der Waals surface area contributed by atoms with Crippen molar-refractivity contribution in [1.82, 2.24) is 5.32 Å². The zero-order valence-electron chi connectivity index (χ0n) is 8.47. The van der Waals surface area contributed by atoms with Gasteiger partial charge in [-0.1, -0.05) is 27.5 Å². The monoisotopic (exact) mass is 290 g/mol. The Morgan fingerprint density at radius 2 is 2.13 bits per heavy atom. The molecule has 0 aliphatic heterocycles. The maximum absolute atomic E-state index is 11.4. The van der Waals surface area contributed by atoms with Crippen LogP contribution in [0.25, 0.3) is 0 Å².